The van der Waals surface area contributed by atoms with Crippen molar-refractivity contribution in [1.29, 1.82) is 0 Å². The number of anilines is 2. The van der Waals surface area contributed by atoms with E-state index in [1.54, 1.807) is 12.3 Å². The number of rotatable bonds is 6. The molecule has 3 N–H and O–H groups in total. The van der Waals surface area contributed by atoms with Crippen LogP contribution in [0.2, 0.25) is 5.02 Å². The Hall–Kier alpha value is -2.22. The third kappa shape index (κ3) is 5.23. The van der Waals surface area contributed by atoms with Crippen LogP contribution in [-0.4, -0.2) is 48.7 Å². The van der Waals surface area contributed by atoms with E-state index in [2.05, 4.69) is 20.9 Å². The second-order valence-electron chi connectivity index (χ2n) is 7.57. The van der Waals surface area contributed by atoms with Crippen molar-refractivity contribution in [3.8, 4) is 11.3 Å². The number of nitrogens with zero attached hydrogens (tertiary/aromatic N) is 2. The molecule has 0 aromatic carbocycles. The highest BCUT2D eigenvalue weighted by Gasteiger charge is 2.23. The lowest BCUT2D eigenvalue weighted by atomic mass is 10.0. The molecule has 0 saturated carbocycles. The fraction of sp³-hybridized carbons (Fsp3) is 0.476. The van der Waals surface area contributed by atoms with Gasteiger partial charge in [-0.25, -0.2) is 9.97 Å². The first-order valence-corrected chi connectivity index (χ1v) is 10.5. The summed E-state index contributed by atoms with van der Waals surface area (Å²) in [6.07, 6.45) is 4.54. The summed E-state index contributed by atoms with van der Waals surface area (Å²) in [6, 6.07) is 7.60. The van der Waals surface area contributed by atoms with Crippen LogP contribution in [0.5, 0.6) is 0 Å². The topological polar surface area (TPSA) is 88.2 Å². The van der Waals surface area contributed by atoms with Gasteiger partial charge in [-0.1, -0.05) is 17.7 Å². The van der Waals surface area contributed by atoms with Crippen molar-refractivity contribution in [2.24, 2.45) is 11.8 Å². The van der Waals surface area contributed by atoms with E-state index in [0.717, 1.165) is 62.6 Å². The Balaban J connectivity index is 1.46. The number of pyridine rings is 2. The van der Waals surface area contributed by atoms with E-state index < -0.39 is 0 Å². The van der Waals surface area contributed by atoms with Crippen LogP contribution < -0.4 is 16.0 Å². The van der Waals surface area contributed by atoms with Crippen LogP contribution in [0.15, 0.2) is 30.5 Å². The van der Waals surface area contributed by atoms with E-state index >= 15 is 0 Å². The number of hydrogen-bond donors (Lipinski definition) is 3. The van der Waals surface area contributed by atoms with Gasteiger partial charge < -0.3 is 20.7 Å². The number of nitrogens with one attached hydrogen (secondary N) is 3. The summed E-state index contributed by atoms with van der Waals surface area (Å²) >= 11 is 6.39. The van der Waals surface area contributed by atoms with Gasteiger partial charge in [-0.2, -0.15) is 0 Å². The average Bonchev–Trinajstić information content (AvgIpc) is 3.30. The highest BCUT2D eigenvalue weighted by atomic mass is 35.5. The van der Waals surface area contributed by atoms with Gasteiger partial charge in [0, 0.05) is 38.1 Å². The first kappa shape index (κ1) is 20.1. The molecule has 8 heteroatoms. The Labute approximate surface area is 175 Å². The summed E-state index contributed by atoms with van der Waals surface area (Å²) in [6.45, 7) is 4.11. The molecule has 0 aliphatic carbocycles. The van der Waals surface area contributed by atoms with E-state index in [1.165, 1.54) is 0 Å². The molecule has 0 unspecified atom stereocenters. The van der Waals surface area contributed by atoms with Gasteiger partial charge >= 0.3 is 0 Å². The lowest BCUT2D eigenvalue weighted by Gasteiger charge is -2.22. The van der Waals surface area contributed by atoms with Gasteiger partial charge in [0.1, 0.15) is 11.6 Å². The molecule has 2 aromatic rings. The molecule has 7 nitrogen and oxygen atoms in total. The molecule has 2 fully saturated rings. The molecule has 29 heavy (non-hydrogen) atoms. The molecule has 0 spiro atoms. The Bertz CT molecular complexity index is 851. The number of ether oxygens (including phenoxy) is 1. The quantitative estimate of drug-likeness (QED) is 0.671. The van der Waals surface area contributed by atoms with Crippen molar-refractivity contribution < 1.29 is 9.53 Å². The van der Waals surface area contributed by atoms with Crippen LogP contribution in [0.4, 0.5) is 11.6 Å². The number of halogens is 1. The van der Waals surface area contributed by atoms with Crippen LogP contribution in [0.1, 0.15) is 19.3 Å². The van der Waals surface area contributed by atoms with Crippen LogP contribution in [-0.2, 0) is 9.53 Å². The molecular formula is C21H26ClN5O2. The van der Waals surface area contributed by atoms with E-state index in [1.807, 2.05) is 18.2 Å². The minimum Gasteiger partial charge on any atom is -0.381 e. The normalized spacial score (nSPS) is 19.8. The fourth-order valence-corrected chi connectivity index (χ4v) is 3.89. The lowest BCUT2D eigenvalue weighted by molar-refractivity contribution is -0.119. The van der Waals surface area contributed by atoms with Crippen molar-refractivity contribution in [2.75, 3.05) is 43.5 Å². The maximum atomic E-state index is 12.4. The lowest BCUT2D eigenvalue weighted by Crippen LogP contribution is -2.25. The first-order chi connectivity index (χ1) is 14.2. The summed E-state index contributed by atoms with van der Waals surface area (Å²) < 4.78 is 5.42. The zero-order valence-electron chi connectivity index (χ0n) is 16.3. The molecule has 154 valence electrons. The standard InChI is InChI=1S/C21H26ClN5O2/c22-17-13-25-20(27-21(28)15-4-7-23-12-15)10-16(17)18-2-1-3-19(26-18)24-11-14-5-8-29-9-6-14/h1-3,10,13-15,23H,4-9,11-12H2,(H,24,26)(H,25,27,28)/t15-/m0/s1. The average molecular weight is 416 g/mol. The van der Waals surface area contributed by atoms with E-state index in [9.17, 15) is 4.79 Å². The SMILES string of the molecule is O=C(Nc1cc(-c2cccc(NCC3CCOCC3)n2)c(Cl)cn1)[C@H]1CCNC1. The maximum Gasteiger partial charge on any atom is 0.229 e. The van der Waals surface area contributed by atoms with Crippen LogP contribution in [0.25, 0.3) is 11.3 Å². The predicted octanol–water partition coefficient (Wildman–Crippen LogP) is 3.18. The van der Waals surface area contributed by atoms with Gasteiger partial charge in [-0.05, 0) is 49.9 Å². The summed E-state index contributed by atoms with van der Waals surface area (Å²) in [4.78, 5) is 21.3. The van der Waals surface area contributed by atoms with E-state index in [0.29, 0.717) is 23.3 Å². The molecule has 2 aliphatic rings. The van der Waals surface area contributed by atoms with Crippen molar-refractivity contribution in [3.05, 3.63) is 35.5 Å². The molecule has 0 radical (unpaired) electrons. The fourth-order valence-electron chi connectivity index (χ4n) is 3.69. The monoisotopic (exact) mass is 415 g/mol. The summed E-state index contributed by atoms with van der Waals surface area (Å²) in [5, 5.41) is 10.0. The highest BCUT2D eigenvalue weighted by Crippen LogP contribution is 2.29. The zero-order chi connectivity index (χ0) is 20.1. The number of carbonyl (C=O) groups excluding carboxylic acids is 1. The molecule has 2 aromatic heterocycles. The molecule has 4 heterocycles. The number of carbonyl (C=O) groups is 1. The van der Waals surface area contributed by atoms with E-state index in [4.69, 9.17) is 21.3 Å². The first-order valence-electron chi connectivity index (χ1n) is 10.2. The molecule has 2 saturated heterocycles. The van der Waals surface area contributed by atoms with Gasteiger partial charge in [-0.3, -0.25) is 4.79 Å². The van der Waals surface area contributed by atoms with Gasteiger partial charge in [0.2, 0.25) is 5.91 Å². The molecule has 1 amide bonds. The number of hydrogen-bond acceptors (Lipinski definition) is 6. The molecule has 0 bridgehead atoms. The second-order valence-corrected chi connectivity index (χ2v) is 7.98. The molecular weight excluding hydrogens is 390 g/mol. The van der Waals surface area contributed by atoms with Crippen molar-refractivity contribution >= 4 is 29.1 Å². The van der Waals surface area contributed by atoms with Gasteiger partial charge in [0.25, 0.3) is 0 Å². The summed E-state index contributed by atoms with van der Waals surface area (Å²) in [5.74, 6) is 1.86. The Morgan fingerprint density at radius 2 is 2.10 bits per heavy atom. The Morgan fingerprint density at radius 3 is 2.90 bits per heavy atom. The van der Waals surface area contributed by atoms with Gasteiger partial charge in [-0.15, -0.1) is 0 Å². The van der Waals surface area contributed by atoms with Crippen LogP contribution in [0, 0.1) is 11.8 Å². The largest absolute Gasteiger partial charge is 0.381 e. The summed E-state index contributed by atoms with van der Waals surface area (Å²) in [7, 11) is 0. The van der Waals surface area contributed by atoms with Gasteiger partial charge in [0.15, 0.2) is 0 Å². The number of amides is 1. The smallest absolute Gasteiger partial charge is 0.229 e. The molecule has 1 atom stereocenters. The molecule has 4 rings (SSSR count). The van der Waals surface area contributed by atoms with Gasteiger partial charge in [0.05, 0.1) is 16.6 Å². The minimum atomic E-state index is -0.0215. The highest BCUT2D eigenvalue weighted by molar-refractivity contribution is 6.33. The third-order valence-electron chi connectivity index (χ3n) is 5.48. The number of aromatic nitrogens is 2. The Kier molecular flexibility index (Phi) is 6.59. The predicted molar refractivity (Wildman–Crippen MR) is 114 cm³/mol. The van der Waals surface area contributed by atoms with E-state index in [-0.39, 0.29) is 11.8 Å². The van der Waals surface area contributed by atoms with Crippen LogP contribution >= 0.6 is 11.6 Å². The zero-order valence-corrected chi connectivity index (χ0v) is 17.0. The van der Waals surface area contributed by atoms with Crippen molar-refractivity contribution in [3.63, 3.8) is 0 Å². The molecule has 2 aliphatic heterocycles. The van der Waals surface area contributed by atoms with Crippen molar-refractivity contribution in [2.45, 2.75) is 19.3 Å². The summed E-state index contributed by atoms with van der Waals surface area (Å²) in [5.41, 5.74) is 1.49. The Morgan fingerprint density at radius 1 is 1.24 bits per heavy atom. The second kappa shape index (κ2) is 9.52. The maximum absolute atomic E-state index is 12.4. The minimum absolute atomic E-state index is 0.0180. The third-order valence-corrected chi connectivity index (χ3v) is 5.78. The van der Waals surface area contributed by atoms with Crippen LogP contribution in [0.3, 0.4) is 0 Å². The van der Waals surface area contributed by atoms with Crippen molar-refractivity contribution in [1.82, 2.24) is 15.3 Å².